The quantitative estimate of drug-likeness (QED) is 0.149. The number of hydrogen-bond donors (Lipinski definition) is 2. The van der Waals surface area contributed by atoms with Crippen molar-refractivity contribution in [3.05, 3.63) is 161 Å². The highest BCUT2D eigenvalue weighted by Gasteiger charge is 2.25. The van der Waals surface area contributed by atoms with Crippen molar-refractivity contribution in [1.29, 1.82) is 0 Å². The number of anilines is 1. The number of hydrogen-bond acceptors (Lipinski definition) is 6. The minimum atomic E-state index is -1.21. The summed E-state index contributed by atoms with van der Waals surface area (Å²) in [4.78, 5) is 39.0. The van der Waals surface area contributed by atoms with Crippen molar-refractivity contribution in [1.82, 2.24) is 0 Å². The summed E-state index contributed by atoms with van der Waals surface area (Å²) >= 11 is 0. The number of para-hydroxylation sites is 1. The largest absolute Gasteiger partial charge is 0.488 e. The molecule has 0 heterocycles. The molecule has 0 saturated heterocycles. The first kappa shape index (κ1) is 29.6. The Morgan fingerprint density at radius 1 is 0.591 bits per heavy atom. The average molecular weight is 588 g/mol. The molecule has 5 aromatic carbocycles. The lowest BCUT2D eigenvalue weighted by molar-refractivity contribution is 0.0473. The second-order valence-corrected chi connectivity index (χ2v) is 9.76. The molecule has 44 heavy (non-hydrogen) atoms. The summed E-state index contributed by atoms with van der Waals surface area (Å²) in [5, 5.41) is 12.6. The maximum atomic E-state index is 13.9. The molecule has 220 valence electrons. The third-order valence-corrected chi connectivity index (χ3v) is 6.62. The number of carbonyl (C=O) groups excluding carboxylic acids is 2. The summed E-state index contributed by atoms with van der Waals surface area (Å²) < 4.78 is 17.6. The molecule has 0 unspecified atom stereocenters. The molecular formula is C36H29NO7. The number of nitrogens with one attached hydrogen (secondary N) is 1. The van der Waals surface area contributed by atoms with E-state index in [4.69, 9.17) is 14.2 Å². The van der Waals surface area contributed by atoms with Gasteiger partial charge in [-0.25, -0.2) is 9.59 Å². The summed E-state index contributed by atoms with van der Waals surface area (Å²) in [6.45, 7) is 0.211. The van der Waals surface area contributed by atoms with E-state index in [1.807, 2.05) is 91.0 Å². The number of aromatic carboxylic acids is 1. The monoisotopic (exact) mass is 587 g/mol. The number of carboxylic acids is 1. The standard InChI is InChI=1S/C36H29NO7/c38-34(37-30-19-11-10-18-29(30)36(41)44-24-27-16-8-3-9-17-27)33-31(42-22-25-12-4-1-5-13-25)20-28(35(39)40)21-32(33)43-23-26-14-6-2-7-15-26/h1-21H,22-24H2,(H,37,38)(H,39,40). The first-order valence-corrected chi connectivity index (χ1v) is 13.8. The zero-order chi connectivity index (χ0) is 30.7. The molecule has 5 rings (SSSR count). The lowest BCUT2D eigenvalue weighted by Crippen LogP contribution is -2.19. The lowest BCUT2D eigenvalue weighted by atomic mass is 10.1. The predicted molar refractivity (Wildman–Crippen MR) is 165 cm³/mol. The highest BCUT2D eigenvalue weighted by Crippen LogP contribution is 2.34. The van der Waals surface area contributed by atoms with Crippen LogP contribution in [0.4, 0.5) is 5.69 Å². The van der Waals surface area contributed by atoms with Crippen molar-refractivity contribution in [3.8, 4) is 11.5 Å². The highest BCUT2D eigenvalue weighted by atomic mass is 16.5. The van der Waals surface area contributed by atoms with Crippen molar-refractivity contribution in [2.24, 2.45) is 0 Å². The van der Waals surface area contributed by atoms with E-state index < -0.39 is 17.8 Å². The molecule has 0 aliphatic heterocycles. The molecule has 0 aliphatic carbocycles. The summed E-state index contributed by atoms with van der Waals surface area (Å²) in [6.07, 6.45) is 0. The van der Waals surface area contributed by atoms with Gasteiger partial charge in [0.2, 0.25) is 0 Å². The molecule has 0 bridgehead atoms. The van der Waals surface area contributed by atoms with Gasteiger partial charge < -0.3 is 24.6 Å². The third kappa shape index (κ3) is 7.68. The van der Waals surface area contributed by atoms with E-state index in [2.05, 4.69) is 5.32 Å². The van der Waals surface area contributed by atoms with Crippen molar-refractivity contribution in [2.45, 2.75) is 19.8 Å². The fourth-order valence-corrected chi connectivity index (χ4v) is 4.39. The predicted octanol–water partition coefficient (Wildman–Crippen LogP) is 7.15. The second kappa shape index (κ2) is 14.3. The lowest BCUT2D eigenvalue weighted by Gasteiger charge is -2.18. The first-order chi connectivity index (χ1) is 21.5. The number of rotatable bonds is 12. The van der Waals surface area contributed by atoms with Gasteiger partial charge in [0.15, 0.2) is 0 Å². The molecule has 0 saturated carbocycles. The Balaban J connectivity index is 1.47. The topological polar surface area (TPSA) is 111 Å². The van der Waals surface area contributed by atoms with E-state index in [1.54, 1.807) is 24.3 Å². The van der Waals surface area contributed by atoms with Gasteiger partial charge in [-0.1, -0.05) is 103 Å². The molecule has 0 fully saturated rings. The Labute approximate surface area is 254 Å². The van der Waals surface area contributed by atoms with E-state index in [9.17, 15) is 19.5 Å². The molecule has 0 aromatic heterocycles. The molecule has 0 radical (unpaired) electrons. The number of benzene rings is 5. The van der Waals surface area contributed by atoms with Crippen molar-refractivity contribution in [3.63, 3.8) is 0 Å². The summed E-state index contributed by atoms with van der Waals surface area (Å²) in [7, 11) is 0. The number of carboxylic acid groups (broad SMARTS) is 1. The van der Waals surface area contributed by atoms with Gasteiger partial charge in [0.25, 0.3) is 5.91 Å². The van der Waals surface area contributed by atoms with Crippen LogP contribution >= 0.6 is 0 Å². The second-order valence-electron chi connectivity index (χ2n) is 9.76. The molecule has 0 spiro atoms. The van der Waals surface area contributed by atoms with Crippen molar-refractivity contribution in [2.75, 3.05) is 5.32 Å². The number of amides is 1. The van der Waals surface area contributed by atoms with Crippen LogP contribution in [0.15, 0.2) is 127 Å². The molecule has 1 amide bonds. The molecular weight excluding hydrogens is 558 g/mol. The molecule has 0 atom stereocenters. The van der Waals surface area contributed by atoms with Gasteiger partial charge >= 0.3 is 11.9 Å². The minimum Gasteiger partial charge on any atom is -0.488 e. The highest BCUT2D eigenvalue weighted by molar-refractivity contribution is 6.11. The van der Waals surface area contributed by atoms with Gasteiger partial charge in [0.05, 0.1) is 16.8 Å². The van der Waals surface area contributed by atoms with Gasteiger partial charge in [0, 0.05) is 0 Å². The van der Waals surface area contributed by atoms with Gasteiger partial charge in [-0.05, 0) is 41.0 Å². The first-order valence-electron chi connectivity index (χ1n) is 13.8. The number of carbonyl (C=O) groups is 3. The zero-order valence-corrected chi connectivity index (χ0v) is 23.6. The van der Waals surface area contributed by atoms with Gasteiger partial charge in [0.1, 0.15) is 36.9 Å². The van der Waals surface area contributed by atoms with Crippen LogP contribution in [-0.2, 0) is 24.6 Å². The molecule has 2 N–H and O–H groups in total. The maximum absolute atomic E-state index is 13.9. The number of ether oxygens (including phenoxy) is 3. The fraction of sp³-hybridized carbons (Fsp3) is 0.0833. The molecule has 0 aliphatic rings. The van der Waals surface area contributed by atoms with E-state index in [0.29, 0.717) is 0 Å². The number of esters is 1. The van der Waals surface area contributed by atoms with E-state index in [0.717, 1.165) is 16.7 Å². The Hall–Kier alpha value is -5.89. The summed E-state index contributed by atoms with van der Waals surface area (Å²) in [5.41, 5.74) is 2.68. The normalized spacial score (nSPS) is 10.5. The fourth-order valence-electron chi connectivity index (χ4n) is 4.39. The van der Waals surface area contributed by atoms with Crippen LogP contribution < -0.4 is 14.8 Å². The van der Waals surface area contributed by atoms with E-state index in [1.165, 1.54) is 12.1 Å². The van der Waals surface area contributed by atoms with Crippen molar-refractivity contribution >= 4 is 23.5 Å². The van der Waals surface area contributed by atoms with Crippen LogP contribution in [0.5, 0.6) is 11.5 Å². The van der Waals surface area contributed by atoms with Crippen LogP contribution in [0.3, 0.4) is 0 Å². The summed E-state index contributed by atoms with van der Waals surface area (Å²) in [5.74, 6) is -2.46. The average Bonchev–Trinajstić information content (AvgIpc) is 3.06. The van der Waals surface area contributed by atoms with Gasteiger partial charge in [-0.15, -0.1) is 0 Å². The smallest absolute Gasteiger partial charge is 0.340 e. The van der Waals surface area contributed by atoms with E-state index in [-0.39, 0.29) is 53.7 Å². The van der Waals surface area contributed by atoms with Gasteiger partial charge in [-0.3, -0.25) is 4.79 Å². The zero-order valence-electron chi connectivity index (χ0n) is 23.6. The van der Waals surface area contributed by atoms with E-state index >= 15 is 0 Å². The molecule has 8 heteroatoms. The van der Waals surface area contributed by atoms with Crippen LogP contribution in [0.1, 0.15) is 47.8 Å². The van der Waals surface area contributed by atoms with Crippen LogP contribution in [0.2, 0.25) is 0 Å². The Bertz CT molecular complexity index is 1670. The Kier molecular flexibility index (Phi) is 9.64. The third-order valence-electron chi connectivity index (χ3n) is 6.62. The Morgan fingerprint density at radius 3 is 1.55 bits per heavy atom. The minimum absolute atomic E-state index is 0.0125. The van der Waals surface area contributed by atoms with Crippen LogP contribution in [0, 0.1) is 0 Å². The van der Waals surface area contributed by atoms with Crippen LogP contribution in [-0.4, -0.2) is 23.0 Å². The Morgan fingerprint density at radius 2 is 1.05 bits per heavy atom. The molecule has 5 aromatic rings. The summed E-state index contributed by atoms with van der Waals surface area (Å²) in [6, 6.07) is 36.8. The van der Waals surface area contributed by atoms with Crippen LogP contribution in [0.25, 0.3) is 0 Å². The maximum Gasteiger partial charge on any atom is 0.340 e. The van der Waals surface area contributed by atoms with Crippen molar-refractivity contribution < 1.29 is 33.7 Å². The van der Waals surface area contributed by atoms with Gasteiger partial charge in [-0.2, -0.15) is 0 Å². The SMILES string of the molecule is O=C(O)c1cc(OCc2ccccc2)c(C(=O)Nc2ccccc2C(=O)OCc2ccccc2)c(OCc2ccccc2)c1. The molecule has 8 nitrogen and oxygen atoms in total.